The first-order chi connectivity index (χ1) is 19.2. The molecule has 3 N–H and O–H groups in total. The zero-order valence-electron chi connectivity index (χ0n) is 21.6. The van der Waals surface area contributed by atoms with Crippen LogP contribution in [0.4, 0.5) is 23.1 Å². The molecule has 5 heterocycles. The quantitative estimate of drug-likeness (QED) is 0.312. The molecule has 0 radical (unpaired) electrons. The summed E-state index contributed by atoms with van der Waals surface area (Å²) in [6, 6.07) is 10.4. The van der Waals surface area contributed by atoms with Crippen LogP contribution in [0.25, 0.3) is 22.3 Å². The van der Waals surface area contributed by atoms with Gasteiger partial charge < -0.3 is 30.2 Å². The number of benzene rings is 1. The number of fused-ring (bicyclic) bond motifs is 1. The molecule has 0 bridgehead atoms. The number of anilines is 4. The number of amides is 1. The van der Waals surface area contributed by atoms with Gasteiger partial charge in [-0.3, -0.25) is 4.79 Å². The van der Waals surface area contributed by atoms with Gasteiger partial charge in [0.2, 0.25) is 11.9 Å². The van der Waals surface area contributed by atoms with Gasteiger partial charge in [-0.2, -0.15) is 0 Å². The number of nitrogens with one attached hydrogen (secondary N) is 3. The van der Waals surface area contributed by atoms with E-state index in [0.717, 1.165) is 72.0 Å². The van der Waals surface area contributed by atoms with Crippen LogP contribution in [-0.2, 0) is 9.53 Å². The monoisotopic (exact) mass is 525 g/mol. The first kappa shape index (κ1) is 24.8. The normalized spacial score (nSPS) is 17.7. The Balaban J connectivity index is 1.11. The Bertz CT molecular complexity index is 1450. The summed E-state index contributed by atoms with van der Waals surface area (Å²) in [5.41, 5.74) is 4.61. The van der Waals surface area contributed by atoms with E-state index >= 15 is 0 Å². The fraction of sp³-hybridized carbons (Fsp3) is 0.321. The molecule has 0 aliphatic carbocycles. The minimum atomic E-state index is -0.149. The van der Waals surface area contributed by atoms with E-state index in [0.29, 0.717) is 25.7 Å². The Morgan fingerprint density at radius 1 is 1.03 bits per heavy atom. The first-order valence-electron chi connectivity index (χ1n) is 13.2. The molecule has 0 spiro atoms. The Morgan fingerprint density at radius 2 is 1.82 bits per heavy atom. The zero-order valence-corrected chi connectivity index (χ0v) is 21.6. The van der Waals surface area contributed by atoms with Crippen molar-refractivity contribution in [2.75, 3.05) is 54.5 Å². The standard InChI is InChI=1S/C28H31N9O2/c1-2-25(38)34-21-4-3-9-37(17-21)28-29-15-22(16-30-28)33-20-7-5-19(6-8-20)24-14-23-26(35-24)31-18-32-27(23)36-10-12-39-13-11-36/h2,5-8,14-16,18,21,33H,1,3-4,9-13,17H2,(H,34,38)(H,31,32,35)/t21-/m1/s1. The van der Waals surface area contributed by atoms with E-state index in [9.17, 15) is 4.79 Å². The van der Waals surface area contributed by atoms with Crippen LogP contribution in [0.3, 0.4) is 0 Å². The number of piperidine rings is 1. The number of nitrogens with zero attached hydrogens (tertiary/aromatic N) is 6. The highest BCUT2D eigenvalue weighted by Crippen LogP contribution is 2.30. The number of aromatic amines is 1. The summed E-state index contributed by atoms with van der Waals surface area (Å²) in [6.45, 7) is 8.13. The first-order valence-corrected chi connectivity index (χ1v) is 13.2. The Kier molecular flexibility index (Phi) is 7.05. The molecule has 39 heavy (non-hydrogen) atoms. The highest BCUT2D eigenvalue weighted by Gasteiger charge is 2.22. The number of aromatic nitrogens is 5. The molecule has 2 fully saturated rings. The van der Waals surface area contributed by atoms with Crippen LogP contribution in [0.15, 0.2) is 61.7 Å². The SMILES string of the molecule is C=CC(=O)N[C@@H]1CCCN(c2ncc(Nc3ccc(-c4cc5c(N6CCOCC6)ncnc5[nH]4)cc3)cn2)C1. The van der Waals surface area contributed by atoms with Crippen molar-refractivity contribution >= 4 is 40.1 Å². The van der Waals surface area contributed by atoms with E-state index in [1.54, 1.807) is 18.7 Å². The van der Waals surface area contributed by atoms with Crippen LogP contribution in [0, 0.1) is 0 Å². The van der Waals surface area contributed by atoms with Crippen molar-refractivity contribution in [3.63, 3.8) is 0 Å². The Hall–Kier alpha value is -4.51. The predicted octanol–water partition coefficient (Wildman–Crippen LogP) is 3.27. The third kappa shape index (κ3) is 5.53. The lowest BCUT2D eigenvalue weighted by atomic mass is 10.1. The molecule has 1 amide bonds. The van der Waals surface area contributed by atoms with Gasteiger partial charge in [0.1, 0.15) is 17.8 Å². The minimum Gasteiger partial charge on any atom is -0.378 e. The molecule has 200 valence electrons. The molecule has 2 aliphatic rings. The second-order valence-electron chi connectivity index (χ2n) is 9.71. The number of rotatable bonds is 7. The van der Waals surface area contributed by atoms with Crippen molar-refractivity contribution in [2.24, 2.45) is 0 Å². The number of hydrogen-bond donors (Lipinski definition) is 3. The molecule has 6 rings (SSSR count). The van der Waals surface area contributed by atoms with E-state index in [1.165, 1.54) is 6.08 Å². The van der Waals surface area contributed by atoms with Crippen molar-refractivity contribution in [1.82, 2.24) is 30.2 Å². The average Bonchev–Trinajstić information content (AvgIpc) is 3.43. The number of carbonyl (C=O) groups excluding carboxylic acids is 1. The van der Waals surface area contributed by atoms with Gasteiger partial charge in [0.15, 0.2) is 0 Å². The molecule has 0 unspecified atom stereocenters. The topological polar surface area (TPSA) is 124 Å². The van der Waals surface area contributed by atoms with E-state index in [2.05, 4.69) is 70.1 Å². The second-order valence-corrected chi connectivity index (χ2v) is 9.71. The summed E-state index contributed by atoms with van der Waals surface area (Å²) in [5.74, 6) is 1.45. The molecule has 11 nitrogen and oxygen atoms in total. The Morgan fingerprint density at radius 3 is 2.59 bits per heavy atom. The van der Waals surface area contributed by atoms with Gasteiger partial charge in [-0.15, -0.1) is 0 Å². The molecule has 3 aromatic heterocycles. The number of hydrogen-bond acceptors (Lipinski definition) is 9. The molecular weight excluding hydrogens is 494 g/mol. The maximum atomic E-state index is 11.7. The van der Waals surface area contributed by atoms with Crippen molar-refractivity contribution in [2.45, 2.75) is 18.9 Å². The largest absolute Gasteiger partial charge is 0.378 e. The fourth-order valence-electron chi connectivity index (χ4n) is 5.10. The van der Waals surface area contributed by atoms with Crippen molar-refractivity contribution < 1.29 is 9.53 Å². The number of carbonyl (C=O) groups is 1. The maximum Gasteiger partial charge on any atom is 0.243 e. The third-order valence-electron chi connectivity index (χ3n) is 7.07. The van der Waals surface area contributed by atoms with Gasteiger partial charge in [0.25, 0.3) is 0 Å². The van der Waals surface area contributed by atoms with E-state index in [1.807, 2.05) is 12.1 Å². The van der Waals surface area contributed by atoms with Crippen LogP contribution >= 0.6 is 0 Å². The van der Waals surface area contributed by atoms with Gasteiger partial charge in [-0.1, -0.05) is 18.7 Å². The van der Waals surface area contributed by atoms with E-state index < -0.39 is 0 Å². The van der Waals surface area contributed by atoms with Crippen LogP contribution < -0.4 is 20.4 Å². The van der Waals surface area contributed by atoms with Crippen LogP contribution in [0.1, 0.15) is 12.8 Å². The highest BCUT2D eigenvalue weighted by molar-refractivity contribution is 5.92. The van der Waals surface area contributed by atoms with Gasteiger partial charge in [0.05, 0.1) is 36.7 Å². The molecule has 4 aromatic rings. The highest BCUT2D eigenvalue weighted by atomic mass is 16.5. The summed E-state index contributed by atoms with van der Waals surface area (Å²) in [6.07, 6.45) is 8.39. The lowest BCUT2D eigenvalue weighted by molar-refractivity contribution is -0.117. The lowest BCUT2D eigenvalue weighted by Crippen LogP contribution is -2.47. The van der Waals surface area contributed by atoms with Gasteiger partial charge >= 0.3 is 0 Å². The molecular formula is C28H31N9O2. The molecule has 2 saturated heterocycles. The summed E-state index contributed by atoms with van der Waals surface area (Å²) in [5, 5.41) is 7.35. The molecule has 1 aromatic carbocycles. The van der Waals surface area contributed by atoms with Crippen molar-refractivity contribution in [1.29, 1.82) is 0 Å². The van der Waals surface area contributed by atoms with Crippen molar-refractivity contribution in [3.8, 4) is 11.3 Å². The minimum absolute atomic E-state index is 0.0689. The van der Waals surface area contributed by atoms with E-state index in [4.69, 9.17) is 4.74 Å². The Labute approximate surface area is 226 Å². The van der Waals surface area contributed by atoms with Gasteiger partial charge in [0, 0.05) is 43.6 Å². The third-order valence-corrected chi connectivity index (χ3v) is 7.07. The molecule has 1 atom stereocenters. The van der Waals surface area contributed by atoms with Gasteiger partial charge in [-0.25, -0.2) is 19.9 Å². The number of ether oxygens (including phenoxy) is 1. The van der Waals surface area contributed by atoms with Crippen LogP contribution in [0.5, 0.6) is 0 Å². The smallest absolute Gasteiger partial charge is 0.243 e. The average molecular weight is 526 g/mol. The van der Waals surface area contributed by atoms with E-state index in [-0.39, 0.29) is 11.9 Å². The van der Waals surface area contributed by atoms with Crippen LogP contribution in [0.2, 0.25) is 0 Å². The van der Waals surface area contributed by atoms with Crippen LogP contribution in [-0.4, -0.2) is 76.3 Å². The number of morpholine rings is 1. The lowest BCUT2D eigenvalue weighted by Gasteiger charge is -2.32. The molecule has 11 heteroatoms. The summed E-state index contributed by atoms with van der Waals surface area (Å²) < 4.78 is 5.49. The summed E-state index contributed by atoms with van der Waals surface area (Å²) in [7, 11) is 0. The second kappa shape index (κ2) is 11.1. The molecule has 0 saturated carbocycles. The van der Waals surface area contributed by atoms with Gasteiger partial charge in [-0.05, 0) is 42.7 Å². The van der Waals surface area contributed by atoms with Crippen molar-refractivity contribution in [3.05, 3.63) is 61.7 Å². The predicted molar refractivity (Wildman–Crippen MR) is 151 cm³/mol. The molecule has 2 aliphatic heterocycles. The maximum absolute atomic E-state index is 11.7. The fourth-order valence-corrected chi connectivity index (χ4v) is 5.10. The summed E-state index contributed by atoms with van der Waals surface area (Å²) >= 11 is 0. The number of H-pyrrole nitrogens is 1. The zero-order chi connectivity index (χ0) is 26.6. The summed E-state index contributed by atoms with van der Waals surface area (Å²) in [4.78, 5) is 37.5.